The summed E-state index contributed by atoms with van der Waals surface area (Å²) >= 11 is 0. The number of piperazine rings is 1. The van der Waals surface area contributed by atoms with Gasteiger partial charge in [-0.2, -0.15) is 0 Å². The smallest absolute Gasteiger partial charge is 0.410 e. The highest BCUT2D eigenvalue weighted by molar-refractivity contribution is 6.00. The predicted molar refractivity (Wildman–Crippen MR) is 119 cm³/mol. The van der Waals surface area contributed by atoms with Gasteiger partial charge in [0.1, 0.15) is 11.6 Å². The van der Waals surface area contributed by atoms with Crippen LogP contribution in [0.25, 0.3) is 11.0 Å². The highest BCUT2D eigenvalue weighted by atomic mass is 16.6. The number of nitrogens with one attached hydrogen (secondary N) is 1. The summed E-state index contributed by atoms with van der Waals surface area (Å²) in [7, 11) is 1.68. The molecule has 1 aromatic carbocycles. The zero-order valence-corrected chi connectivity index (χ0v) is 18.9. The molecule has 2 aliphatic heterocycles. The van der Waals surface area contributed by atoms with Gasteiger partial charge in [-0.15, -0.1) is 0 Å². The SMILES string of the molecule is Cn1c(=O)n(C2CCC(=O)NC2=O)c2ccc(N3CCN(C(=O)OC(C)(C)C)CC3)cc21. The molecule has 0 radical (unpaired) electrons. The van der Waals surface area contributed by atoms with Crippen LogP contribution in [-0.2, 0) is 21.4 Å². The highest BCUT2D eigenvalue weighted by Gasteiger charge is 2.32. The molecule has 2 aliphatic rings. The number of carbonyl (C=O) groups excluding carboxylic acids is 3. The van der Waals surface area contributed by atoms with Crippen LogP contribution in [0.4, 0.5) is 10.5 Å². The zero-order chi connectivity index (χ0) is 23.2. The van der Waals surface area contributed by atoms with Gasteiger partial charge in [-0.05, 0) is 45.4 Å². The van der Waals surface area contributed by atoms with E-state index in [1.165, 1.54) is 9.13 Å². The molecule has 0 saturated carbocycles. The van der Waals surface area contributed by atoms with E-state index < -0.39 is 17.6 Å². The summed E-state index contributed by atoms with van der Waals surface area (Å²) in [5.74, 6) is -0.759. The number of hydrogen-bond donors (Lipinski definition) is 1. The Hall–Kier alpha value is -3.30. The number of benzene rings is 1. The molecule has 1 atom stereocenters. The third-order valence-electron chi connectivity index (χ3n) is 5.89. The predicted octanol–water partition coefficient (Wildman–Crippen LogP) is 1.37. The van der Waals surface area contributed by atoms with Gasteiger partial charge in [-0.25, -0.2) is 9.59 Å². The van der Waals surface area contributed by atoms with E-state index in [1.54, 1.807) is 11.9 Å². The van der Waals surface area contributed by atoms with Crippen molar-refractivity contribution in [2.24, 2.45) is 7.05 Å². The fourth-order valence-electron chi connectivity index (χ4n) is 4.25. The van der Waals surface area contributed by atoms with E-state index in [0.29, 0.717) is 43.6 Å². The molecule has 10 nitrogen and oxygen atoms in total. The first-order chi connectivity index (χ1) is 15.0. The Balaban J connectivity index is 1.55. The Labute approximate surface area is 185 Å². The van der Waals surface area contributed by atoms with Crippen LogP contribution in [0.1, 0.15) is 39.7 Å². The van der Waals surface area contributed by atoms with Crippen LogP contribution >= 0.6 is 0 Å². The second-order valence-electron chi connectivity index (χ2n) is 9.31. The molecule has 1 aromatic heterocycles. The number of aryl methyl sites for hydroxylation is 1. The molecule has 2 fully saturated rings. The lowest BCUT2D eigenvalue weighted by Crippen LogP contribution is -2.50. The first-order valence-corrected chi connectivity index (χ1v) is 10.8. The minimum atomic E-state index is -0.702. The number of fused-ring (bicyclic) bond motifs is 1. The van der Waals surface area contributed by atoms with Crippen molar-refractivity contribution in [1.82, 2.24) is 19.4 Å². The van der Waals surface area contributed by atoms with E-state index >= 15 is 0 Å². The van der Waals surface area contributed by atoms with Gasteiger partial charge in [0, 0.05) is 45.3 Å². The minimum absolute atomic E-state index is 0.208. The fraction of sp³-hybridized carbons (Fsp3) is 0.545. The molecule has 2 saturated heterocycles. The number of hydrogen-bond acceptors (Lipinski definition) is 6. The van der Waals surface area contributed by atoms with Gasteiger partial charge >= 0.3 is 11.8 Å². The number of aromatic nitrogens is 2. The number of anilines is 1. The lowest BCUT2D eigenvalue weighted by atomic mass is 10.1. The van der Waals surface area contributed by atoms with E-state index in [1.807, 2.05) is 39.0 Å². The van der Waals surface area contributed by atoms with Gasteiger partial charge in [0.2, 0.25) is 11.8 Å². The number of piperidine rings is 1. The molecular formula is C22H29N5O5. The van der Waals surface area contributed by atoms with E-state index in [9.17, 15) is 19.2 Å². The third-order valence-corrected chi connectivity index (χ3v) is 5.89. The lowest BCUT2D eigenvalue weighted by Gasteiger charge is -2.36. The summed E-state index contributed by atoms with van der Waals surface area (Å²) in [4.78, 5) is 52.9. The first-order valence-electron chi connectivity index (χ1n) is 10.8. The van der Waals surface area contributed by atoms with Gasteiger partial charge in [0.05, 0.1) is 11.0 Å². The Kier molecular flexibility index (Phi) is 5.47. The van der Waals surface area contributed by atoms with Crippen molar-refractivity contribution < 1.29 is 19.1 Å². The Bertz CT molecular complexity index is 1130. The summed E-state index contributed by atoms with van der Waals surface area (Å²) in [6, 6.07) is 5.00. The standard InChI is InChI=1S/C22H29N5O5/c1-22(2,3)32-21(31)26-11-9-25(10-12-26)14-5-6-15-17(13-14)24(4)20(30)27(15)16-7-8-18(28)23-19(16)29/h5-6,13,16H,7-12H2,1-4H3,(H,23,28,29). The van der Waals surface area contributed by atoms with E-state index in [-0.39, 0.29) is 24.1 Å². The molecular weight excluding hydrogens is 414 g/mol. The Morgan fingerprint density at radius 2 is 1.75 bits per heavy atom. The van der Waals surface area contributed by atoms with E-state index in [2.05, 4.69) is 10.2 Å². The molecule has 4 rings (SSSR count). The number of nitrogens with zero attached hydrogens (tertiary/aromatic N) is 4. The van der Waals surface area contributed by atoms with Crippen molar-refractivity contribution >= 4 is 34.6 Å². The van der Waals surface area contributed by atoms with Crippen LogP contribution in [-0.4, -0.2) is 63.7 Å². The van der Waals surface area contributed by atoms with Gasteiger partial charge in [0.25, 0.3) is 0 Å². The quantitative estimate of drug-likeness (QED) is 0.703. The van der Waals surface area contributed by atoms with Crippen LogP contribution in [0.15, 0.2) is 23.0 Å². The molecule has 0 spiro atoms. The van der Waals surface area contributed by atoms with Gasteiger partial charge in [-0.3, -0.25) is 24.0 Å². The second kappa shape index (κ2) is 7.99. The van der Waals surface area contributed by atoms with Crippen molar-refractivity contribution in [3.8, 4) is 0 Å². The molecule has 3 amide bonds. The summed E-state index contributed by atoms with van der Waals surface area (Å²) in [6.45, 7) is 7.93. The van der Waals surface area contributed by atoms with Crippen LogP contribution < -0.4 is 15.9 Å². The molecule has 2 aromatic rings. The van der Waals surface area contributed by atoms with Crippen molar-refractivity contribution in [3.63, 3.8) is 0 Å². The third kappa shape index (κ3) is 4.09. The molecule has 10 heteroatoms. The Morgan fingerprint density at radius 1 is 1.06 bits per heavy atom. The summed E-state index contributed by atoms with van der Waals surface area (Å²) in [6.07, 6.45) is 0.202. The molecule has 0 bridgehead atoms. The van der Waals surface area contributed by atoms with Crippen molar-refractivity contribution in [2.75, 3.05) is 31.1 Å². The maximum Gasteiger partial charge on any atom is 0.410 e. The Morgan fingerprint density at radius 3 is 2.38 bits per heavy atom. The molecule has 0 aliphatic carbocycles. The number of imidazole rings is 1. The lowest BCUT2D eigenvalue weighted by molar-refractivity contribution is -0.135. The minimum Gasteiger partial charge on any atom is -0.444 e. The van der Waals surface area contributed by atoms with Crippen LogP contribution in [0.5, 0.6) is 0 Å². The van der Waals surface area contributed by atoms with Gasteiger partial charge in [-0.1, -0.05) is 0 Å². The number of amides is 3. The highest BCUT2D eigenvalue weighted by Crippen LogP contribution is 2.27. The van der Waals surface area contributed by atoms with E-state index in [4.69, 9.17) is 4.74 Å². The summed E-state index contributed by atoms with van der Waals surface area (Å²) < 4.78 is 8.46. The summed E-state index contributed by atoms with van der Waals surface area (Å²) in [5, 5.41) is 2.32. The van der Waals surface area contributed by atoms with Gasteiger partial charge < -0.3 is 14.5 Å². The molecule has 3 heterocycles. The average molecular weight is 444 g/mol. The van der Waals surface area contributed by atoms with Crippen LogP contribution in [0.2, 0.25) is 0 Å². The second-order valence-corrected chi connectivity index (χ2v) is 9.31. The first kappa shape index (κ1) is 21.9. The topological polar surface area (TPSA) is 106 Å². The van der Waals surface area contributed by atoms with Crippen LogP contribution in [0, 0.1) is 0 Å². The fourth-order valence-corrected chi connectivity index (χ4v) is 4.25. The number of rotatable bonds is 2. The van der Waals surface area contributed by atoms with E-state index in [0.717, 1.165) is 5.69 Å². The van der Waals surface area contributed by atoms with Crippen molar-refractivity contribution in [3.05, 3.63) is 28.7 Å². The largest absolute Gasteiger partial charge is 0.444 e. The van der Waals surface area contributed by atoms with Crippen LogP contribution in [0.3, 0.4) is 0 Å². The van der Waals surface area contributed by atoms with Crippen molar-refractivity contribution in [1.29, 1.82) is 0 Å². The number of ether oxygens (including phenoxy) is 1. The monoisotopic (exact) mass is 443 g/mol. The number of carbonyl (C=O) groups is 3. The number of imide groups is 1. The average Bonchev–Trinajstić information content (AvgIpc) is 2.97. The molecule has 32 heavy (non-hydrogen) atoms. The molecule has 1 unspecified atom stereocenters. The van der Waals surface area contributed by atoms with Gasteiger partial charge in [0.15, 0.2) is 0 Å². The molecule has 172 valence electrons. The zero-order valence-electron chi connectivity index (χ0n) is 18.9. The normalized spacial score (nSPS) is 19.9. The summed E-state index contributed by atoms with van der Waals surface area (Å²) in [5.41, 5.74) is 1.49. The van der Waals surface area contributed by atoms with Crippen molar-refractivity contribution in [2.45, 2.75) is 45.3 Å². The molecule has 1 N–H and O–H groups in total. The maximum atomic E-state index is 12.9. The maximum absolute atomic E-state index is 12.9.